The summed E-state index contributed by atoms with van der Waals surface area (Å²) in [5.74, 6) is 0.154. The predicted octanol–water partition coefficient (Wildman–Crippen LogP) is 1.69. The van der Waals surface area contributed by atoms with Crippen LogP contribution in [0.5, 0.6) is 5.75 Å². The van der Waals surface area contributed by atoms with E-state index in [1.807, 2.05) is 0 Å². The number of ether oxygens (including phenoxy) is 1. The molecule has 7 heteroatoms. The zero-order valence-corrected chi connectivity index (χ0v) is 10.7. The zero-order valence-electron chi connectivity index (χ0n) is 9.92. The number of nitrogens with one attached hydrogen (secondary N) is 1. The van der Waals surface area contributed by atoms with Crippen LogP contribution >= 0.6 is 0 Å². The molecule has 1 heterocycles. The van der Waals surface area contributed by atoms with Gasteiger partial charge in [-0.05, 0) is 17.7 Å². The lowest BCUT2D eigenvalue weighted by atomic mass is 10.2. The second-order valence-electron chi connectivity index (χ2n) is 4.17. The first-order chi connectivity index (χ1) is 8.94. The normalized spacial score (nSPS) is 20.9. The largest absolute Gasteiger partial charge is 0.435 e. The topological polar surface area (TPSA) is 55.4 Å². The molecule has 0 bridgehead atoms. The van der Waals surface area contributed by atoms with E-state index in [4.69, 9.17) is 0 Å². The Morgan fingerprint density at radius 2 is 2.00 bits per heavy atom. The van der Waals surface area contributed by atoms with Crippen LogP contribution in [0.4, 0.5) is 8.78 Å². The molecule has 0 saturated carbocycles. The lowest BCUT2D eigenvalue weighted by Gasteiger charge is -2.10. The Morgan fingerprint density at radius 3 is 2.53 bits per heavy atom. The molecule has 0 aromatic heterocycles. The minimum atomic E-state index is -3.07. The molecule has 0 amide bonds. The number of alkyl halides is 2. The number of rotatable bonds is 5. The zero-order chi connectivity index (χ0) is 13.9. The van der Waals surface area contributed by atoms with E-state index in [-0.39, 0.29) is 17.5 Å². The Morgan fingerprint density at radius 1 is 1.32 bits per heavy atom. The van der Waals surface area contributed by atoms with Gasteiger partial charge in [0.25, 0.3) is 0 Å². The summed E-state index contributed by atoms with van der Waals surface area (Å²) in [5, 5.41) is 4.26. The SMILES string of the molecule is O=S1(=O)C=CC(NCc2ccc(OC(F)F)cc2)C1. The predicted molar refractivity (Wildman–Crippen MR) is 66.6 cm³/mol. The molecule has 1 atom stereocenters. The Bertz CT molecular complexity index is 555. The molecule has 104 valence electrons. The summed E-state index contributed by atoms with van der Waals surface area (Å²) in [7, 11) is -3.07. The van der Waals surface area contributed by atoms with Crippen LogP contribution in [0.1, 0.15) is 5.56 Å². The second-order valence-corrected chi connectivity index (χ2v) is 6.10. The van der Waals surface area contributed by atoms with Crippen LogP contribution < -0.4 is 10.1 Å². The molecular formula is C12H13F2NO3S. The molecule has 0 fully saturated rings. The third-order valence-corrected chi connectivity index (χ3v) is 4.04. The summed E-state index contributed by atoms with van der Waals surface area (Å²) in [6.07, 6.45) is 1.60. The van der Waals surface area contributed by atoms with Gasteiger partial charge in [0.2, 0.25) is 0 Å². The van der Waals surface area contributed by atoms with Crippen molar-refractivity contribution in [3.05, 3.63) is 41.3 Å². The number of benzene rings is 1. The van der Waals surface area contributed by atoms with Crippen molar-refractivity contribution >= 4 is 9.84 Å². The van der Waals surface area contributed by atoms with Crippen molar-refractivity contribution in [1.82, 2.24) is 5.32 Å². The van der Waals surface area contributed by atoms with Gasteiger partial charge in [-0.2, -0.15) is 8.78 Å². The fourth-order valence-electron chi connectivity index (χ4n) is 1.74. The molecule has 1 aromatic rings. The Labute approximate surface area is 110 Å². The second kappa shape index (κ2) is 5.66. The Kier molecular flexibility index (Phi) is 4.16. The van der Waals surface area contributed by atoms with Crippen molar-refractivity contribution in [2.24, 2.45) is 0 Å². The first-order valence-corrected chi connectivity index (χ1v) is 7.34. The minimum Gasteiger partial charge on any atom is -0.435 e. The van der Waals surface area contributed by atoms with Gasteiger partial charge in [-0.3, -0.25) is 0 Å². The maximum Gasteiger partial charge on any atom is 0.387 e. The molecule has 2 rings (SSSR count). The fourth-order valence-corrected chi connectivity index (χ4v) is 3.01. The van der Waals surface area contributed by atoms with Crippen LogP contribution in [0, 0.1) is 0 Å². The van der Waals surface area contributed by atoms with Crippen LogP contribution in [0.3, 0.4) is 0 Å². The Hall–Kier alpha value is -1.47. The van der Waals surface area contributed by atoms with E-state index in [9.17, 15) is 17.2 Å². The van der Waals surface area contributed by atoms with Gasteiger partial charge in [0.15, 0.2) is 9.84 Å². The van der Waals surface area contributed by atoms with Gasteiger partial charge in [0.1, 0.15) is 5.75 Å². The maximum absolute atomic E-state index is 11.9. The van der Waals surface area contributed by atoms with E-state index in [1.165, 1.54) is 17.5 Å². The minimum absolute atomic E-state index is 0.0551. The van der Waals surface area contributed by atoms with Gasteiger partial charge in [0.05, 0.1) is 5.75 Å². The Balaban J connectivity index is 1.85. The molecule has 4 nitrogen and oxygen atoms in total. The van der Waals surface area contributed by atoms with Crippen molar-refractivity contribution in [3.8, 4) is 5.75 Å². The van der Waals surface area contributed by atoms with E-state index in [2.05, 4.69) is 10.1 Å². The summed E-state index contributed by atoms with van der Waals surface area (Å²) in [5.41, 5.74) is 0.860. The molecule has 1 aromatic carbocycles. The number of hydrogen-bond acceptors (Lipinski definition) is 4. The summed E-state index contributed by atoms with van der Waals surface area (Å²) >= 11 is 0. The van der Waals surface area contributed by atoms with Crippen molar-refractivity contribution in [2.45, 2.75) is 19.2 Å². The molecule has 1 unspecified atom stereocenters. The van der Waals surface area contributed by atoms with E-state index < -0.39 is 16.4 Å². The van der Waals surface area contributed by atoms with Gasteiger partial charge < -0.3 is 10.1 Å². The van der Waals surface area contributed by atoms with Crippen molar-refractivity contribution in [3.63, 3.8) is 0 Å². The molecule has 1 aliphatic rings. The highest BCUT2D eigenvalue weighted by Gasteiger charge is 2.20. The smallest absolute Gasteiger partial charge is 0.387 e. The van der Waals surface area contributed by atoms with Crippen molar-refractivity contribution in [1.29, 1.82) is 0 Å². The highest BCUT2D eigenvalue weighted by Crippen LogP contribution is 2.15. The molecule has 19 heavy (non-hydrogen) atoms. The molecule has 1 aliphatic heterocycles. The fraction of sp³-hybridized carbons (Fsp3) is 0.333. The van der Waals surface area contributed by atoms with E-state index in [1.54, 1.807) is 18.2 Å². The monoisotopic (exact) mass is 289 g/mol. The van der Waals surface area contributed by atoms with Crippen LogP contribution in [0.25, 0.3) is 0 Å². The van der Waals surface area contributed by atoms with Crippen molar-refractivity contribution < 1.29 is 21.9 Å². The van der Waals surface area contributed by atoms with E-state index in [0.29, 0.717) is 6.54 Å². The van der Waals surface area contributed by atoms with Gasteiger partial charge in [-0.1, -0.05) is 18.2 Å². The standard InChI is InChI=1S/C12H13F2NO3S/c13-12(14)18-11-3-1-9(2-4-11)7-15-10-5-6-19(16,17)8-10/h1-6,10,12,15H,7-8H2. The average molecular weight is 289 g/mol. The van der Waals surface area contributed by atoms with Gasteiger partial charge >= 0.3 is 6.61 Å². The van der Waals surface area contributed by atoms with Crippen LogP contribution in [0.2, 0.25) is 0 Å². The molecule has 0 saturated heterocycles. The summed E-state index contributed by atoms with van der Waals surface area (Å²) in [6, 6.07) is 5.99. The lowest BCUT2D eigenvalue weighted by molar-refractivity contribution is -0.0498. The summed E-state index contributed by atoms with van der Waals surface area (Å²) in [6.45, 7) is -2.38. The summed E-state index contributed by atoms with van der Waals surface area (Å²) < 4.78 is 50.5. The van der Waals surface area contributed by atoms with Crippen LogP contribution in [-0.2, 0) is 16.4 Å². The van der Waals surface area contributed by atoms with Crippen molar-refractivity contribution in [2.75, 3.05) is 5.75 Å². The molecule has 0 spiro atoms. The summed E-state index contributed by atoms with van der Waals surface area (Å²) in [4.78, 5) is 0. The molecule has 1 N–H and O–H groups in total. The first kappa shape index (κ1) is 14.0. The molecular weight excluding hydrogens is 276 g/mol. The highest BCUT2D eigenvalue weighted by atomic mass is 32.2. The highest BCUT2D eigenvalue weighted by molar-refractivity contribution is 7.94. The van der Waals surface area contributed by atoms with Gasteiger partial charge in [0, 0.05) is 18.0 Å². The van der Waals surface area contributed by atoms with Gasteiger partial charge in [-0.25, -0.2) is 8.42 Å². The van der Waals surface area contributed by atoms with Gasteiger partial charge in [-0.15, -0.1) is 0 Å². The number of hydrogen-bond donors (Lipinski definition) is 1. The number of sulfone groups is 1. The molecule has 0 aliphatic carbocycles. The number of halogens is 2. The third kappa shape index (κ3) is 4.29. The quantitative estimate of drug-likeness (QED) is 0.896. The molecule has 0 radical (unpaired) electrons. The average Bonchev–Trinajstić information content (AvgIpc) is 2.67. The lowest BCUT2D eigenvalue weighted by Crippen LogP contribution is -2.29. The van der Waals surface area contributed by atoms with E-state index >= 15 is 0 Å². The van der Waals surface area contributed by atoms with E-state index in [0.717, 1.165) is 5.56 Å². The van der Waals surface area contributed by atoms with Crippen LogP contribution in [0.15, 0.2) is 35.7 Å². The third-order valence-electron chi connectivity index (χ3n) is 2.65. The van der Waals surface area contributed by atoms with Crippen LogP contribution in [-0.4, -0.2) is 26.8 Å². The first-order valence-electron chi connectivity index (χ1n) is 5.63. The maximum atomic E-state index is 11.9.